The van der Waals surface area contributed by atoms with Crippen molar-refractivity contribution < 1.29 is 14.3 Å². The first-order chi connectivity index (χ1) is 9.76. The number of aldehydes is 1. The molecular weight excluding hydrogens is 254 g/mol. The van der Waals surface area contributed by atoms with E-state index in [0.29, 0.717) is 23.6 Å². The number of hydrogen-bond donors (Lipinski definition) is 1. The molecule has 0 aromatic heterocycles. The first-order valence-electron chi connectivity index (χ1n) is 6.27. The molecule has 2 aromatic rings. The van der Waals surface area contributed by atoms with E-state index in [1.54, 1.807) is 26.4 Å². The third kappa shape index (κ3) is 3.29. The van der Waals surface area contributed by atoms with Crippen LogP contribution in [0.3, 0.4) is 0 Å². The first kappa shape index (κ1) is 13.9. The van der Waals surface area contributed by atoms with Crippen LogP contribution in [0.2, 0.25) is 0 Å². The van der Waals surface area contributed by atoms with E-state index in [0.717, 1.165) is 17.5 Å². The molecule has 0 saturated carbocycles. The van der Waals surface area contributed by atoms with Gasteiger partial charge in [0.1, 0.15) is 6.29 Å². The largest absolute Gasteiger partial charge is 0.493 e. The number of benzene rings is 2. The Kier molecular flexibility index (Phi) is 4.60. The second kappa shape index (κ2) is 6.61. The van der Waals surface area contributed by atoms with Gasteiger partial charge in [0.05, 0.1) is 14.2 Å². The van der Waals surface area contributed by atoms with E-state index in [4.69, 9.17) is 9.47 Å². The van der Waals surface area contributed by atoms with Crippen molar-refractivity contribution in [2.24, 2.45) is 0 Å². The molecule has 0 radical (unpaired) electrons. The van der Waals surface area contributed by atoms with Gasteiger partial charge in [-0.2, -0.15) is 0 Å². The summed E-state index contributed by atoms with van der Waals surface area (Å²) in [5, 5.41) is 3.30. The standard InChI is InChI=1S/C16H17NO3/c1-19-15-8-7-14(9-16(15)20-2)17-10-12-3-5-13(11-18)6-4-12/h3-9,11,17H,10H2,1-2H3. The lowest BCUT2D eigenvalue weighted by atomic mass is 10.1. The number of carbonyl (C=O) groups is 1. The van der Waals surface area contributed by atoms with Crippen molar-refractivity contribution >= 4 is 12.0 Å². The van der Waals surface area contributed by atoms with E-state index in [9.17, 15) is 4.79 Å². The maximum absolute atomic E-state index is 10.6. The highest BCUT2D eigenvalue weighted by Gasteiger charge is 2.04. The van der Waals surface area contributed by atoms with Crippen LogP contribution in [0.25, 0.3) is 0 Å². The monoisotopic (exact) mass is 271 g/mol. The van der Waals surface area contributed by atoms with Crippen LogP contribution in [-0.4, -0.2) is 20.5 Å². The van der Waals surface area contributed by atoms with Gasteiger partial charge in [-0.1, -0.05) is 24.3 Å². The smallest absolute Gasteiger partial charge is 0.162 e. The molecule has 0 aliphatic carbocycles. The molecular formula is C16H17NO3. The molecule has 0 saturated heterocycles. The predicted octanol–water partition coefficient (Wildman–Crippen LogP) is 3.13. The molecule has 0 fully saturated rings. The molecule has 4 nitrogen and oxygen atoms in total. The van der Waals surface area contributed by atoms with Gasteiger partial charge < -0.3 is 14.8 Å². The number of methoxy groups -OCH3 is 2. The summed E-state index contributed by atoms with van der Waals surface area (Å²) in [7, 11) is 3.22. The lowest BCUT2D eigenvalue weighted by Crippen LogP contribution is -2.00. The fraction of sp³-hybridized carbons (Fsp3) is 0.188. The predicted molar refractivity (Wildman–Crippen MR) is 78.7 cm³/mol. The van der Waals surface area contributed by atoms with Crippen molar-refractivity contribution in [3.63, 3.8) is 0 Å². The highest BCUT2D eigenvalue weighted by molar-refractivity contribution is 5.74. The average Bonchev–Trinajstić information content (AvgIpc) is 2.53. The SMILES string of the molecule is COc1ccc(NCc2ccc(C=O)cc2)cc1OC. The van der Waals surface area contributed by atoms with Gasteiger partial charge in [-0.25, -0.2) is 0 Å². The van der Waals surface area contributed by atoms with E-state index < -0.39 is 0 Å². The van der Waals surface area contributed by atoms with Gasteiger partial charge in [-0.3, -0.25) is 4.79 Å². The molecule has 0 heterocycles. The molecule has 2 rings (SSSR count). The summed E-state index contributed by atoms with van der Waals surface area (Å²) in [4.78, 5) is 10.6. The van der Waals surface area contributed by atoms with Crippen LogP contribution < -0.4 is 14.8 Å². The number of rotatable bonds is 6. The van der Waals surface area contributed by atoms with Crippen LogP contribution in [0.5, 0.6) is 11.5 Å². The molecule has 4 heteroatoms. The molecule has 0 unspecified atom stereocenters. The van der Waals surface area contributed by atoms with Crippen molar-refractivity contribution in [3.05, 3.63) is 53.6 Å². The average molecular weight is 271 g/mol. The summed E-state index contributed by atoms with van der Waals surface area (Å²) in [6.45, 7) is 0.675. The lowest BCUT2D eigenvalue weighted by molar-refractivity contribution is 0.112. The Bertz CT molecular complexity index is 579. The van der Waals surface area contributed by atoms with Gasteiger partial charge in [0.15, 0.2) is 11.5 Å². The highest BCUT2D eigenvalue weighted by atomic mass is 16.5. The van der Waals surface area contributed by atoms with Crippen molar-refractivity contribution in [2.45, 2.75) is 6.54 Å². The summed E-state index contributed by atoms with van der Waals surface area (Å²) in [5.74, 6) is 1.39. The van der Waals surface area contributed by atoms with Crippen molar-refractivity contribution in [3.8, 4) is 11.5 Å². The summed E-state index contributed by atoms with van der Waals surface area (Å²) >= 11 is 0. The minimum Gasteiger partial charge on any atom is -0.493 e. The zero-order valence-corrected chi connectivity index (χ0v) is 11.6. The Labute approximate surface area is 118 Å². The van der Waals surface area contributed by atoms with Crippen LogP contribution in [0, 0.1) is 0 Å². The molecule has 20 heavy (non-hydrogen) atoms. The fourth-order valence-corrected chi connectivity index (χ4v) is 1.86. The van der Waals surface area contributed by atoms with Gasteiger partial charge in [-0.15, -0.1) is 0 Å². The summed E-state index contributed by atoms with van der Waals surface area (Å²) < 4.78 is 10.4. The summed E-state index contributed by atoms with van der Waals surface area (Å²) in [6.07, 6.45) is 0.839. The first-order valence-corrected chi connectivity index (χ1v) is 6.27. The maximum atomic E-state index is 10.6. The number of hydrogen-bond acceptors (Lipinski definition) is 4. The lowest BCUT2D eigenvalue weighted by Gasteiger charge is -2.11. The third-order valence-electron chi connectivity index (χ3n) is 3.00. The summed E-state index contributed by atoms with van der Waals surface area (Å²) in [6, 6.07) is 13.1. The highest BCUT2D eigenvalue weighted by Crippen LogP contribution is 2.29. The van der Waals surface area contributed by atoms with E-state index >= 15 is 0 Å². The summed E-state index contributed by atoms with van der Waals surface area (Å²) in [5.41, 5.74) is 2.73. The zero-order chi connectivity index (χ0) is 14.4. The van der Waals surface area contributed by atoms with Gasteiger partial charge in [-0.05, 0) is 17.7 Å². The Balaban J connectivity index is 2.04. The van der Waals surface area contributed by atoms with E-state index in [-0.39, 0.29) is 0 Å². The Morgan fingerprint density at radius 1 is 1.00 bits per heavy atom. The second-order valence-electron chi connectivity index (χ2n) is 4.28. The van der Waals surface area contributed by atoms with E-state index in [1.165, 1.54) is 0 Å². The van der Waals surface area contributed by atoms with Crippen LogP contribution in [0.1, 0.15) is 15.9 Å². The molecule has 0 atom stereocenters. The van der Waals surface area contributed by atoms with Gasteiger partial charge >= 0.3 is 0 Å². The fourth-order valence-electron chi connectivity index (χ4n) is 1.86. The van der Waals surface area contributed by atoms with Gasteiger partial charge in [0.25, 0.3) is 0 Å². The molecule has 104 valence electrons. The van der Waals surface area contributed by atoms with Gasteiger partial charge in [0, 0.05) is 23.9 Å². The van der Waals surface area contributed by atoms with Crippen molar-refractivity contribution in [1.82, 2.24) is 0 Å². The van der Waals surface area contributed by atoms with Crippen molar-refractivity contribution in [2.75, 3.05) is 19.5 Å². The van der Waals surface area contributed by atoms with Crippen molar-refractivity contribution in [1.29, 1.82) is 0 Å². The number of carbonyl (C=O) groups excluding carboxylic acids is 1. The van der Waals surface area contributed by atoms with Crippen LogP contribution in [-0.2, 0) is 6.54 Å². The van der Waals surface area contributed by atoms with Crippen LogP contribution >= 0.6 is 0 Å². The molecule has 1 N–H and O–H groups in total. The van der Waals surface area contributed by atoms with Crippen LogP contribution in [0.15, 0.2) is 42.5 Å². The molecule has 0 bridgehead atoms. The Morgan fingerprint density at radius 3 is 2.30 bits per heavy atom. The molecule has 0 spiro atoms. The maximum Gasteiger partial charge on any atom is 0.162 e. The number of nitrogens with one attached hydrogen (secondary N) is 1. The Morgan fingerprint density at radius 2 is 1.70 bits per heavy atom. The van der Waals surface area contributed by atoms with E-state index in [1.807, 2.05) is 30.3 Å². The molecule has 2 aromatic carbocycles. The quantitative estimate of drug-likeness (QED) is 0.820. The molecule has 0 aliphatic heterocycles. The topological polar surface area (TPSA) is 47.6 Å². The van der Waals surface area contributed by atoms with Gasteiger partial charge in [0.2, 0.25) is 0 Å². The number of ether oxygens (including phenoxy) is 2. The Hall–Kier alpha value is -2.49. The van der Waals surface area contributed by atoms with Crippen LogP contribution in [0.4, 0.5) is 5.69 Å². The zero-order valence-electron chi connectivity index (χ0n) is 11.6. The third-order valence-corrected chi connectivity index (χ3v) is 3.00. The van der Waals surface area contributed by atoms with E-state index in [2.05, 4.69) is 5.32 Å². The minimum absolute atomic E-state index is 0.675. The number of anilines is 1. The molecule has 0 amide bonds. The minimum atomic E-state index is 0.675. The second-order valence-corrected chi connectivity index (χ2v) is 4.28. The normalized spacial score (nSPS) is 9.90. The molecule has 0 aliphatic rings.